The van der Waals surface area contributed by atoms with Gasteiger partial charge in [0.15, 0.2) is 6.29 Å². The molecule has 0 spiro atoms. The van der Waals surface area contributed by atoms with Crippen molar-refractivity contribution in [3.63, 3.8) is 0 Å². The first kappa shape index (κ1) is 18.3. The molecule has 0 fully saturated rings. The van der Waals surface area contributed by atoms with Crippen LogP contribution in [-0.4, -0.2) is 42.5 Å². The maximum absolute atomic E-state index is 12.8. The van der Waals surface area contributed by atoms with Gasteiger partial charge < -0.3 is 4.90 Å². The van der Waals surface area contributed by atoms with Gasteiger partial charge in [0.05, 0.1) is 5.56 Å². The van der Waals surface area contributed by atoms with Crippen molar-refractivity contribution in [2.75, 3.05) is 7.05 Å². The molecule has 1 N–H and O–H groups in total. The van der Waals surface area contributed by atoms with E-state index >= 15 is 0 Å². The van der Waals surface area contributed by atoms with E-state index in [1.54, 1.807) is 19.2 Å². The summed E-state index contributed by atoms with van der Waals surface area (Å²) in [7, 11) is 1.63. The first-order valence-corrected chi connectivity index (χ1v) is 7.96. The Morgan fingerprint density at radius 1 is 1.16 bits per heavy atom. The van der Waals surface area contributed by atoms with E-state index < -0.39 is 0 Å². The van der Waals surface area contributed by atoms with E-state index in [-0.39, 0.29) is 24.3 Å². The fraction of sp³-hybridized carbons (Fsp3) is 0.263. The maximum Gasteiger partial charge on any atom is 0.254 e. The third-order valence-electron chi connectivity index (χ3n) is 4.27. The van der Waals surface area contributed by atoms with Crippen molar-refractivity contribution in [2.45, 2.75) is 25.8 Å². The van der Waals surface area contributed by atoms with Crippen LogP contribution < -0.4 is 5.32 Å². The van der Waals surface area contributed by atoms with Gasteiger partial charge in [0.2, 0.25) is 12.3 Å². The van der Waals surface area contributed by atoms with Crippen LogP contribution in [0.4, 0.5) is 0 Å². The van der Waals surface area contributed by atoms with Crippen LogP contribution in [0.5, 0.6) is 0 Å². The van der Waals surface area contributed by atoms with Crippen LogP contribution in [-0.2, 0) is 9.59 Å². The van der Waals surface area contributed by atoms with Gasteiger partial charge in [-0.25, -0.2) is 0 Å². The van der Waals surface area contributed by atoms with Gasteiger partial charge >= 0.3 is 0 Å². The van der Waals surface area contributed by atoms with E-state index in [1.807, 2.05) is 31.2 Å². The van der Waals surface area contributed by atoms with E-state index in [4.69, 9.17) is 0 Å². The smallest absolute Gasteiger partial charge is 0.254 e. The monoisotopic (exact) mass is 340 g/mol. The SMILES string of the molecule is CC(CCC(=O)NC=O)N(C)C(=O)c1cc2ccccc2cc1C=O. The second-order valence-electron chi connectivity index (χ2n) is 5.89. The topological polar surface area (TPSA) is 83.6 Å². The number of aldehydes is 1. The Bertz CT molecular complexity index is 816. The molecule has 130 valence electrons. The predicted molar refractivity (Wildman–Crippen MR) is 94.3 cm³/mol. The lowest BCUT2D eigenvalue weighted by molar-refractivity contribution is -0.125. The zero-order valence-corrected chi connectivity index (χ0v) is 14.2. The van der Waals surface area contributed by atoms with Crippen LogP contribution in [0, 0.1) is 0 Å². The van der Waals surface area contributed by atoms with Gasteiger partial charge in [0.1, 0.15) is 0 Å². The molecule has 6 nitrogen and oxygen atoms in total. The number of hydrogen-bond donors (Lipinski definition) is 1. The quantitative estimate of drug-likeness (QED) is 0.783. The molecule has 0 heterocycles. The summed E-state index contributed by atoms with van der Waals surface area (Å²) in [5, 5.41) is 3.84. The Morgan fingerprint density at radius 3 is 2.40 bits per heavy atom. The van der Waals surface area contributed by atoms with Crippen molar-refractivity contribution >= 4 is 35.3 Å². The molecule has 0 aliphatic rings. The highest BCUT2D eigenvalue weighted by atomic mass is 16.2. The number of rotatable bonds is 7. The molecule has 0 radical (unpaired) electrons. The minimum absolute atomic E-state index is 0.135. The minimum atomic E-state index is -0.387. The van der Waals surface area contributed by atoms with Gasteiger partial charge in [-0.1, -0.05) is 24.3 Å². The lowest BCUT2D eigenvalue weighted by atomic mass is 10.00. The molecule has 3 amide bonds. The molecule has 1 unspecified atom stereocenters. The number of amides is 3. The van der Waals surface area contributed by atoms with E-state index in [2.05, 4.69) is 5.32 Å². The molecule has 6 heteroatoms. The summed E-state index contributed by atoms with van der Waals surface area (Å²) in [5.41, 5.74) is 0.668. The predicted octanol–water partition coefficient (Wildman–Crippen LogP) is 2.17. The Labute approximate surface area is 145 Å². The Hall–Kier alpha value is -3.02. The first-order valence-electron chi connectivity index (χ1n) is 7.96. The summed E-state index contributed by atoms with van der Waals surface area (Å²) in [6, 6.07) is 10.7. The van der Waals surface area contributed by atoms with Crippen molar-refractivity contribution < 1.29 is 19.2 Å². The molecule has 0 bridgehead atoms. The van der Waals surface area contributed by atoms with Crippen molar-refractivity contribution in [1.82, 2.24) is 10.2 Å². The fourth-order valence-corrected chi connectivity index (χ4v) is 2.60. The molecule has 0 aliphatic carbocycles. The lowest BCUT2D eigenvalue weighted by Crippen LogP contribution is -2.36. The molecule has 2 aromatic rings. The maximum atomic E-state index is 12.8. The molecule has 0 aliphatic heterocycles. The minimum Gasteiger partial charge on any atom is -0.339 e. The number of carbonyl (C=O) groups excluding carboxylic acids is 4. The molecule has 2 rings (SSSR count). The van der Waals surface area contributed by atoms with Crippen LogP contribution in [0.15, 0.2) is 36.4 Å². The molecule has 0 saturated carbocycles. The van der Waals surface area contributed by atoms with Gasteiger partial charge in [-0.15, -0.1) is 0 Å². The summed E-state index contributed by atoms with van der Waals surface area (Å²) < 4.78 is 0. The lowest BCUT2D eigenvalue weighted by Gasteiger charge is -2.25. The van der Waals surface area contributed by atoms with Gasteiger partial charge in [0.25, 0.3) is 5.91 Å². The van der Waals surface area contributed by atoms with Crippen molar-refractivity contribution in [2.24, 2.45) is 0 Å². The third-order valence-corrected chi connectivity index (χ3v) is 4.27. The average Bonchev–Trinajstić information content (AvgIpc) is 2.63. The van der Waals surface area contributed by atoms with E-state index in [9.17, 15) is 19.2 Å². The largest absolute Gasteiger partial charge is 0.339 e. The van der Waals surface area contributed by atoms with Crippen molar-refractivity contribution in [3.05, 3.63) is 47.5 Å². The molecular formula is C19H20N2O4. The van der Waals surface area contributed by atoms with Crippen LogP contribution in [0.2, 0.25) is 0 Å². The number of fused-ring (bicyclic) bond motifs is 1. The molecule has 25 heavy (non-hydrogen) atoms. The second kappa shape index (κ2) is 8.19. The zero-order chi connectivity index (χ0) is 18.4. The fourth-order valence-electron chi connectivity index (χ4n) is 2.60. The van der Waals surface area contributed by atoms with Gasteiger partial charge in [-0.2, -0.15) is 0 Å². The molecule has 0 aromatic heterocycles. The Balaban J connectivity index is 2.20. The third kappa shape index (κ3) is 4.29. The number of nitrogens with one attached hydrogen (secondary N) is 1. The highest BCUT2D eigenvalue weighted by molar-refractivity contribution is 6.05. The Kier molecular flexibility index (Phi) is 6.00. The molecule has 2 aromatic carbocycles. The Morgan fingerprint density at radius 2 is 1.80 bits per heavy atom. The standard InChI is InChI=1S/C19H20N2O4/c1-13(7-8-18(24)20-12-23)21(2)19(25)17-10-15-6-4-3-5-14(15)9-16(17)11-22/h3-6,9-13H,7-8H2,1-2H3,(H,20,23,24). The van der Waals surface area contributed by atoms with E-state index in [0.29, 0.717) is 30.2 Å². The van der Waals surface area contributed by atoms with Crippen LogP contribution in [0.25, 0.3) is 10.8 Å². The molecule has 0 saturated heterocycles. The summed E-state index contributed by atoms with van der Waals surface area (Å²) in [6.45, 7) is 1.81. The number of hydrogen-bond acceptors (Lipinski definition) is 4. The first-order chi connectivity index (χ1) is 12.0. The molecular weight excluding hydrogens is 320 g/mol. The zero-order valence-electron chi connectivity index (χ0n) is 14.2. The van der Waals surface area contributed by atoms with Crippen molar-refractivity contribution in [1.29, 1.82) is 0 Å². The normalized spacial score (nSPS) is 11.6. The number of imide groups is 1. The van der Waals surface area contributed by atoms with Gasteiger partial charge in [-0.3, -0.25) is 24.5 Å². The average molecular weight is 340 g/mol. The van der Waals surface area contributed by atoms with Gasteiger partial charge in [-0.05, 0) is 36.2 Å². The summed E-state index contributed by atoms with van der Waals surface area (Å²) in [6.07, 6.45) is 1.56. The van der Waals surface area contributed by atoms with E-state index in [1.165, 1.54) is 4.90 Å². The number of carbonyl (C=O) groups is 4. The highest BCUT2D eigenvalue weighted by Crippen LogP contribution is 2.21. The number of nitrogens with zero attached hydrogens (tertiary/aromatic N) is 1. The summed E-state index contributed by atoms with van der Waals surface area (Å²) in [4.78, 5) is 47.3. The van der Waals surface area contributed by atoms with Crippen molar-refractivity contribution in [3.8, 4) is 0 Å². The molecule has 1 atom stereocenters. The van der Waals surface area contributed by atoms with Crippen LogP contribution in [0.3, 0.4) is 0 Å². The highest BCUT2D eigenvalue weighted by Gasteiger charge is 2.21. The van der Waals surface area contributed by atoms with Crippen LogP contribution in [0.1, 0.15) is 40.5 Å². The number of benzene rings is 2. The second-order valence-corrected chi connectivity index (χ2v) is 5.89. The summed E-state index contributed by atoms with van der Waals surface area (Å²) >= 11 is 0. The van der Waals surface area contributed by atoms with Gasteiger partial charge in [0, 0.05) is 25.1 Å². The van der Waals surface area contributed by atoms with E-state index in [0.717, 1.165) is 10.8 Å². The summed E-state index contributed by atoms with van der Waals surface area (Å²) in [5.74, 6) is -0.668. The van der Waals surface area contributed by atoms with Crippen LogP contribution >= 0.6 is 0 Å².